The van der Waals surface area contributed by atoms with Crippen LogP contribution in [0.5, 0.6) is 5.75 Å². The van der Waals surface area contributed by atoms with Crippen molar-refractivity contribution in [1.29, 1.82) is 0 Å². The summed E-state index contributed by atoms with van der Waals surface area (Å²) in [6.45, 7) is 1.11. The predicted molar refractivity (Wildman–Crippen MR) is 96.7 cm³/mol. The van der Waals surface area contributed by atoms with Crippen molar-refractivity contribution in [1.82, 2.24) is 0 Å². The molecule has 0 aliphatic heterocycles. The van der Waals surface area contributed by atoms with Crippen molar-refractivity contribution in [3.63, 3.8) is 0 Å². The lowest BCUT2D eigenvalue weighted by Gasteiger charge is -2.24. The first-order valence-electron chi connectivity index (χ1n) is 7.86. The zero-order chi connectivity index (χ0) is 19.1. The Morgan fingerprint density at radius 1 is 1.12 bits per heavy atom. The molecule has 3 rings (SSSR count). The Kier molecular flexibility index (Phi) is 4.78. The van der Waals surface area contributed by atoms with Crippen LogP contribution in [0.15, 0.2) is 36.4 Å². The van der Waals surface area contributed by atoms with Crippen LogP contribution in [0.25, 0.3) is 0 Å². The van der Waals surface area contributed by atoms with E-state index in [4.69, 9.17) is 33.0 Å². The van der Waals surface area contributed by atoms with Gasteiger partial charge in [0.1, 0.15) is 16.2 Å². The summed E-state index contributed by atoms with van der Waals surface area (Å²) in [6, 6.07) is 10.1. The molecule has 2 aromatic rings. The second-order valence-electron chi connectivity index (χ2n) is 5.89. The van der Waals surface area contributed by atoms with Crippen LogP contribution in [0.4, 0.5) is 0 Å². The van der Waals surface area contributed by atoms with E-state index in [-0.39, 0.29) is 33.3 Å². The van der Waals surface area contributed by atoms with Crippen molar-refractivity contribution < 1.29 is 24.2 Å². The Morgan fingerprint density at radius 3 is 2.35 bits per heavy atom. The second kappa shape index (κ2) is 6.74. The van der Waals surface area contributed by atoms with Gasteiger partial charge in [0, 0.05) is 5.56 Å². The molecule has 0 spiro atoms. The Bertz CT molecular complexity index is 923. The lowest BCUT2D eigenvalue weighted by Crippen LogP contribution is -2.37. The zero-order valence-corrected chi connectivity index (χ0v) is 15.2. The minimum absolute atomic E-state index is 0.0427. The van der Waals surface area contributed by atoms with E-state index in [9.17, 15) is 14.4 Å². The Morgan fingerprint density at radius 2 is 1.77 bits per heavy atom. The van der Waals surface area contributed by atoms with Crippen molar-refractivity contribution in [2.24, 2.45) is 0 Å². The van der Waals surface area contributed by atoms with Gasteiger partial charge in [-0.3, -0.25) is 9.59 Å². The number of benzene rings is 2. The van der Waals surface area contributed by atoms with Crippen molar-refractivity contribution >= 4 is 40.7 Å². The fraction of sp³-hybridized carbons (Fsp3) is 0.211. The van der Waals surface area contributed by atoms with Crippen molar-refractivity contribution in [2.45, 2.75) is 18.8 Å². The second-order valence-corrected chi connectivity index (χ2v) is 6.65. The molecule has 2 aromatic carbocycles. The summed E-state index contributed by atoms with van der Waals surface area (Å²) in [4.78, 5) is 37.2. The summed E-state index contributed by atoms with van der Waals surface area (Å²) in [7, 11) is 0. The quantitative estimate of drug-likeness (QED) is 0.771. The number of aliphatic carboxylic acids is 1. The van der Waals surface area contributed by atoms with E-state index in [1.165, 1.54) is 6.07 Å². The van der Waals surface area contributed by atoms with Gasteiger partial charge in [-0.1, -0.05) is 60.5 Å². The van der Waals surface area contributed by atoms with E-state index in [1.807, 2.05) is 0 Å². The third-order valence-electron chi connectivity index (χ3n) is 4.57. The highest BCUT2D eigenvalue weighted by molar-refractivity contribution is 6.48. The van der Waals surface area contributed by atoms with Gasteiger partial charge in [0.2, 0.25) is 0 Å². The molecule has 0 fully saturated rings. The molecule has 1 atom stereocenters. The van der Waals surface area contributed by atoms with Crippen LogP contribution >= 0.6 is 23.2 Å². The van der Waals surface area contributed by atoms with Gasteiger partial charge < -0.3 is 9.84 Å². The fourth-order valence-corrected chi connectivity index (χ4v) is 3.79. The lowest BCUT2D eigenvalue weighted by molar-refractivity contribution is -0.139. The molecule has 1 aliphatic carbocycles. The summed E-state index contributed by atoms with van der Waals surface area (Å²) >= 11 is 12.4. The van der Waals surface area contributed by atoms with Crippen LogP contribution in [0.2, 0.25) is 10.0 Å². The van der Waals surface area contributed by atoms with Gasteiger partial charge in [-0.05, 0) is 18.1 Å². The summed E-state index contributed by atoms with van der Waals surface area (Å²) in [5, 5.41) is 8.58. The van der Waals surface area contributed by atoms with Gasteiger partial charge >= 0.3 is 5.97 Å². The maximum absolute atomic E-state index is 13.2. The van der Waals surface area contributed by atoms with E-state index < -0.39 is 29.6 Å². The highest BCUT2D eigenvalue weighted by Crippen LogP contribution is 2.48. The highest BCUT2D eigenvalue weighted by Gasteiger charge is 2.54. The SMILES string of the molecule is CCC1(c2ccccc2)C(=O)c2cc(OCC(=O)O)c(Cl)c(Cl)c2C1=O. The van der Waals surface area contributed by atoms with Gasteiger partial charge in [0.05, 0.1) is 10.6 Å². The first-order chi connectivity index (χ1) is 12.3. The summed E-state index contributed by atoms with van der Waals surface area (Å²) in [5.41, 5.74) is -0.651. The third kappa shape index (κ3) is 2.59. The molecule has 0 saturated heterocycles. The molecule has 1 aliphatic rings. The normalized spacial score (nSPS) is 18.7. The first-order valence-corrected chi connectivity index (χ1v) is 8.61. The fourth-order valence-electron chi connectivity index (χ4n) is 3.30. The van der Waals surface area contributed by atoms with E-state index >= 15 is 0 Å². The number of fused-ring (bicyclic) bond motifs is 1. The van der Waals surface area contributed by atoms with Crippen LogP contribution in [-0.4, -0.2) is 29.2 Å². The minimum atomic E-state index is -1.37. The summed E-state index contributed by atoms with van der Waals surface area (Å²) in [6.07, 6.45) is 0.253. The Labute approximate surface area is 159 Å². The topological polar surface area (TPSA) is 80.7 Å². The number of ether oxygens (including phenoxy) is 1. The van der Waals surface area contributed by atoms with Gasteiger partial charge in [0.15, 0.2) is 18.2 Å². The van der Waals surface area contributed by atoms with Crippen molar-refractivity contribution in [3.8, 4) is 5.75 Å². The Hall–Kier alpha value is -2.37. The van der Waals surface area contributed by atoms with Gasteiger partial charge in [-0.25, -0.2) is 4.79 Å². The molecule has 0 amide bonds. The number of Topliss-reactive ketones (excluding diaryl/α,β-unsaturated/α-hetero) is 2. The third-order valence-corrected chi connectivity index (χ3v) is 5.42. The number of ketones is 2. The summed E-state index contributed by atoms with van der Waals surface area (Å²) < 4.78 is 5.12. The molecular formula is C19H14Cl2O5. The van der Waals surface area contributed by atoms with E-state index in [1.54, 1.807) is 37.3 Å². The number of hydrogen-bond donors (Lipinski definition) is 1. The van der Waals surface area contributed by atoms with Crippen LogP contribution in [0.3, 0.4) is 0 Å². The largest absolute Gasteiger partial charge is 0.480 e. The number of halogens is 2. The van der Waals surface area contributed by atoms with E-state index in [0.717, 1.165) is 0 Å². The van der Waals surface area contributed by atoms with Gasteiger partial charge in [-0.2, -0.15) is 0 Å². The molecule has 1 N–H and O–H groups in total. The number of carboxylic acid groups (broad SMARTS) is 1. The highest BCUT2D eigenvalue weighted by atomic mass is 35.5. The maximum atomic E-state index is 13.2. The van der Waals surface area contributed by atoms with Crippen molar-refractivity contribution in [2.75, 3.05) is 6.61 Å². The standard InChI is InChI=1S/C19H14Cl2O5/c1-2-19(10-6-4-3-5-7-10)17(24)11-8-12(26-9-13(22)23)15(20)16(21)14(11)18(19)25/h3-8H,2,9H2,1H3,(H,22,23). The predicted octanol–water partition coefficient (Wildman–Crippen LogP) is 4.18. The number of rotatable bonds is 5. The van der Waals surface area contributed by atoms with Gasteiger partial charge in [0.25, 0.3) is 0 Å². The average Bonchev–Trinajstić information content (AvgIpc) is 2.85. The minimum Gasteiger partial charge on any atom is -0.480 e. The molecule has 0 saturated carbocycles. The maximum Gasteiger partial charge on any atom is 0.341 e. The van der Waals surface area contributed by atoms with Gasteiger partial charge in [-0.15, -0.1) is 0 Å². The first kappa shape index (κ1) is 18.4. The number of carboxylic acids is 1. The van der Waals surface area contributed by atoms with E-state index in [0.29, 0.717) is 5.56 Å². The number of carbonyl (C=O) groups excluding carboxylic acids is 2. The molecule has 0 heterocycles. The van der Waals surface area contributed by atoms with Crippen LogP contribution in [-0.2, 0) is 10.2 Å². The van der Waals surface area contributed by atoms with Crippen LogP contribution in [0, 0.1) is 0 Å². The van der Waals surface area contributed by atoms with Crippen LogP contribution < -0.4 is 4.74 Å². The van der Waals surface area contributed by atoms with Crippen molar-refractivity contribution in [3.05, 3.63) is 63.1 Å². The molecular weight excluding hydrogens is 379 g/mol. The average molecular weight is 393 g/mol. The molecule has 5 nitrogen and oxygen atoms in total. The molecule has 0 bridgehead atoms. The van der Waals surface area contributed by atoms with Crippen LogP contribution in [0.1, 0.15) is 39.6 Å². The van der Waals surface area contributed by atoms with E-state index in [2.05, 4.69) is 0 Å². The molecule has 0 radical (unpaired) electrons. The summed E-state index contributed by atoms with van der Waals surface area (Å²) in [5.74, 6) is -2.06. The number of carbonyl (C=O) groups is 3. The zero-order valence-electron chi connectivity index (χ0n) is 13.7. The smallest absolute Gasteiger partial charge is 0.341 e. The Balaban J connectivity index is 2.19. The molecule has 134 valence electrons. The molecule has 26 heavy (non-hydrogen) atoms. The monoisotopic (exact) mass is 392 g/mol. The molecule has 7 heteroatoms. The number of hydrogen-bond acceptors (Lipinski definition) is 4. The molecule has 1 unspecified atom stereocenters. The lowest BCUT2D eigenvalue weighted by atomic mass is 9.74. The molecule has 0 aromatic heterocycles.